The van der Waals surface area contributed by atoms with Gasteiger partial charge in [0.25, 0.3) is 0 Å². The van der Waals surface area contributed by atoms with Gasteiger partial charge in [0.1, 0.15) is 18.4 Å². The number of hydrogen-bond acceptors (Lipinski definition) is 7. The molecule has 2 fully saturated rings. The number of nitrogens with zero attached hydrogens (tertiary/aromatic N) is 5. The molecule has 2 amide bonds. The average Bonchev–Trinajstić information content (AvgIpc) is 3.94. The van der Waals surface area contributed by atoms with Crippen LogP contribution < -0.4 is 10.6 Å². The highest BCUT2D eigenvalue weighted by atomic mass is 28.3. The first-order chi connectivity index (χ1) is 22.8. The molecule has 1 aromatic heterocycles. The lowest BCUT2D eigenvalue weighted by molar-refractivity contribution is -0.120. The van der Waals surface area contributed by atoms with Crippen molar-refractivity contribution in [2.45, 2.75) is 117 Å². The van der Waals surface area contributed by atoms with Gasteiger partial charge >= 0.3 is 6.09 Å². The number of carbonyl (C=O) groups excluding carboxylic acids is 2. The summed E-state index contributed by atoms with van der Waals surface area (Å²) in [6.45, 7) is 16.9. The first kappa shape index (κ1) is 37.4. The van der Waals surface area contributed by atoms with Crippen LogP contribution in [0.5, 0.6) is 0 Å². The topological polar surface area (TPSA) is 152 Å². The molecule has 12 nitrogen and oxygen atoms in total. The lowest BCUT2D eigenvalue weighted by Gasteiger charge is -2.29. The summed E-state index contributed by atoms with van der Waals surface area (Å²) in [4.78, 5) is 29.4. The Kier molecular flexibility index (Phi) is 13.1. The predicted octanol–water partition coefficient (Wildman–Crippen LogP) is 8.05. The summed E-state index contributed by atoms with van der Waals surface area (Å²) < 4.78 is 19.4. The molecule has 0 aliphatic heterocycles. The van der Waals surface area contributed by atoms with E-state index in [9.17, 15) is 9.59 Å². The van der Waals surface area contributed by atoms with Crippen molar-refractivity contribution < 1.29 is 23.8 Å². The molecule has 1 heterocycles. The fourth-order valence-corrected chi connectivity index (χ4v) is 6.70. The van der Waals surface area contributed by atoms with Gasteiger partial charge in [0.2, 0.25) is 5.91 Å². The van der Waals surface area contributed by atoms with E-state index >= 15 is 0 Å². The van der Waals surface area contributed by atoms with E-state index in [1.165, 1.54) is 0 Å². The zero-order valence-electron chi connectivity index (χ0n) is 29.9. The highest BCUT2D eigenvalue weighted by Crippen LogP contribution is 2.51. The molecule has 13 heteroatoms. The normalized spacial score (nSPS) is 15.6. The molecule has 48 heavy (non-hydrogen) atoms. The van der Waals surface area contributed by atoms with Gasteiger partial charge in [-0.2, -0.15) is 5.10 Å². The van der Waals surface area contributed by atoms with Crippen molar-refractivity contribution in [3.8, 4) is 11.1 Å². The molecule has 2 aliphatic carbocycles. The van der Waals surface area contributed by atoms with Crippen molar-refractivity contribution in [2.24, 2.45) is 22.9 Å². The molecule has 0 bridgehead atoms. The van der Waals surface area contributed by atoms with Crippen molar-refractivity contribution in [1.82, 2.24) is 15.1 Å². The fourth-order valence-electron chi connectivity index (χ4n) is 5.94. The molecule has 2 aromatic rings. The molecule has 1 aromatic carbocycles. The minimum Gasteiger partial charge on any atom is -0.444 e. The number of carbonyl (C=O) groups is 2. The van der Waals surface area contributed by atoms with Gasteiger partial charge in [0.15, 0.2) is 0 Å². The number of ether oxygens (including phenoxy) is 3. The van der Waals surface area contributed by atoms with Gasteiger partial charge in [-0.1, -0.05) is 36.9 Å². The quantitative estimate of drug-likeness (QED) is 0.0503. The highest BCUT2D eigenvalue weighted by molar-refractivity contribution is 6.76. The van der Waals surface area contributed by atoms with Crippen LogP contribution in [0.4, 0.5) is 10.5 Å². The molecule has 0 unspecified atom stereocenters. The van der Waals surface area contributed by atoms with E-state index in [-0.39, 0.29) is 11.8 Å². The molecule has 2 N–H and O–H groups in total. The van der Waals surface area contributed by atoms with Gasteiger partial charge in [-0.05, 0) is 113 Å². The van der Waals surface area contributed by atoms with Crippen molar-refractivity contribution >= 4 is 25.8 Å². The van der Waals surface area contributed by atoms with Gasteiger partial charge in [0.05, 0.1) is 12.3 Å². The number of amides is 2. The Labute approximate surface area is 286 Å². The van der Waals surface area contributed by atoms with Crippen LogP contribution in [-0.4, -0.2) is 61.3 Å². The Balaban J connectivity index is 1.48. The van der Waals surface area contributed by atoms with Gasteiger partial charge in [0, 0.05) is 49.7 Å². The highest BCUT2D eigenvalue weighted by Gasteiger charge is 2.48. The lowest BCUT2D eigenvalue weighted by Crippen LogP contribution is -2.51. The smallest absolute Gasteiger partial charge is 0.408 e. The van der Waals surface area contributed by atoms with Crippen molar-refractivity contribution in [1.29, 1.82) is 0 Å². The summed E-state index contributed by atoms with van der Waals surface area (Å²) in [6, 6.07) is 8.17. The monoisotopic (exact) mass is 681 g/mol. The van der Waals surface area contributed by atoms with E-state index in [1.807, 2.05) is 56.6 Å². The molecule has 2 aliphatic rings. The first-order valence-corrected chi connectivity index (χ1v) is 21.1. The Morgan fingerprint density at radius 1 is 1.06 bits per heavy atom. The number of benzene rings is 1. The van der Waals surface area contributed by atoms with E-state index < -0.39 is 25.8 Å². The zero-order chi connectivity index (χ0) is 34.9. The van der Waals surface area contributed by atoms with Crippen LogP contribution >= 0.6 is 0 Å². The number of rotatable bonds is 19. The summed E-state index contributed by atoms with van der Waals surface area (Å²) in [6.07, 6.45) is 5.35. The molecular formula is C35H55N7O5Si. The van der Waals surface area contributed by atoms with Crippen LogP contribution in [0.3, 0.4) is 0 Å². The second-order valence-electron chi connectivity index (χ2n) is 15.4. The number of anilines is 1. The number of alkyl carbamates (subject to hydrolysis) is 1. The maximum atomic E-state index is 13.8. The summed E-state index contributed by atoms with van der Waals surface area (Å²) in [5.74, 6) is 0.805. The molecule has 264 valence electrons. The largest absolute Gasteiger partial charge is 0.444 e. The van der Waals surface area contributed by atoms with Crippen LogP contribution in [-0.2, 0) is 32.3 Å². The summed E-state index contributed by atoms with van der Waals surface area (Å²) >= 11 is 0. The van der Waals surface area contributed by atoms with E-state index in [0.29, 0.717) is 50.6 Å². The van der Waals surface area contributed by atoms with Crippen molar-refractivity contribution in [2.75, 3.05) is 25.1 Å². The number of hydrogen-bond donors (Lipinski definition) is 2. The van der Waals surface area contributed by atoms with Crippen molar-refractivity contribution in [3.63, 3.8) is 0 Å². The Morgan fingerprint density at radius 3 is 2.31 bits per heavy atom. The summed E-state index contributed by atoms with van der Waals surface area (Å²) in [7, 11) is -1.21. The maximum absolute atomic E-state index is 13.8. The van der Waals surface area contributed by atoms with Gasteiger partial charge < -0.3 is 24.8 Å². The van der Waals surface area contributed by atoms with Crippen molar-refractivity contribution in [3.05, 3.63) is 46.1 Å². The summed E-state index contributed by atoms with van der Waals surface area (Å²) in [5, 5.41) is 14.5. The lowest BCUT2D eigenvalue weighted by atomic mass is 9.88. The molecule has 0 radical (unpaired) electrons. The molecule has 1 atom stereocenters. The predicted molar refractivity (Wildman–Crippen MR) is 190 cm³/mol. The van der Waals surface area contributed by atoms with Gasteiger partial charge in [-0.15, -0.1) is 0 Å². The van der Waals surface area contributed by atoms with Gasteiger partial charge in [-0.25, -0.2) is 9.48 Å². The number of azide groups is 1. The molecule has 0 spiro atoms. The third-order valence-electron chi connectivity index (χ3n) is 8.70. The number of aromatic nitrogens is 2. The third-order valence-corrected chi connectivity index (χ3v) is 10.4. The average molecular weight is 682 g/mol. The second-order valence-corrected chi connectivity index (χ2v) is 21.0. The standard InChI is InChI=1S/C35H55N7O5Si/c1-24-30(29(22-45-19-9-8-18-37-41-36)40-42(24)23-46-20-21-48(5,6)7)25-14-16-28(17-15-25)38-33(43)32(39-34(44)47-35(2,3)4)31(26-10-11-26)27-12-13-27/h14-17,26-27,31-32H,8-13,18-23H2,1-7H3,(H,38,43)(H,39,44)/t32-/m0/s1. The van der Waals surface area contributed by atoms with Crippen LogP contribution in [0.1, 0.15) is 70.7 Å². The second kappa shape index (κ2) is 16.8. The molecular weight excluding hydrogens is 627 g/mol. The van der Waals surface area contributed by atoms with Crippen LogP contribution in [0.25, 0.3) is 21.6 Å². The fraction of sp³-hybridized carbons (Fsp3) is 0.686. The van der Waals surface area contributed by atoms with E-state index in [0.717, 1.165) is 67.1 Å². The number of unbranched alkanes of at least 4 members (excludes halogenated alkanes) is 1. The van der Waals surface area contributed by atoms with E-state index in [4.69, 9.17) is 24.8 Å². The SMILES string of the molecule is Cc1c(-c2ccc(NC(=O)[C@@H](NC(=O)OC(C)(C)C)C(C3CC3)C3CC3)cc2)c(COCCCCN=[N+]=[N-])nn1COCC[Si](C)(C)C. The van der Waals surface area contributed by atoms with E-state index in [2.05, 4.69) is 40.3 Å². The summed E-state index contributed by atoms with van der Waals surface area (Å²) in [5.41, 5.74) is 12.2. The van der Waals surface area contributed by atoms with Crippen LogP contribution in [0, 0.1) is 24.7 Å². The first-order valence-electron chi connectivity index (χ1n) is 17.4. The number of nitrogens with one attached hydrogen (secondary N) is 2. The molecule has 2 saturated carbocycles. The molecule has 0 saturated heterocycles. The van der Waals surface area contributed by atoms with Crippen LogP contribution in [0.2, 0.25) is 25.7 Å². The Bertz CT molecular complexity index is 1410. The van der Waals surface area contributed by atoms with Crippen LogP contribution in [0.15, 0.2) is 29.4 Å². The van der Waals surface area contributed by atoms with E-state index in [1.54, 1.807) is 0 Å². The Hall–Kier alpha value is -3.38. The third kappa shape index (κ3) is 11.9. The Morgan fingerprint density at radius 2 is 1.73 bits per heavy atom. The zero-order valence-corrected chi connectivity index (χ0v) is 30.9. The minimum absolute atomic E-state index is 0.111. The van der Waals surface area contributed by atoms with Gasteiger partial charge in [-0.3, -0.25) is 4.79 Å². The minimum atomic E-state index is -1.21. The maximum Gasteiger partial charge on any atom is 0.408 e. The molecule has 4 rings (SSSR count).